The average Bonchev–Trinajstić information content (AvgIpc) is 3.05. The van der Waals surface area contributed by atoms with Gasteiger partial charge in [-0.05, 0) is 49.9 Å². The van der Waals surface area contributed by atoms with Gasteiger partial charge in [0.05, 0.1) is 11.3 Å². The minimum atomic E-state index is -0.921. The van der Waals surface area contributed by atoms with Crippen LogP contribution in [0.2, 0.25) is 0 Å². The molecular formula is C18H22N4O3S. The molecule has 0 saturated carbocycles. The lowest BCUT2D eigenvalue weighted by atomic mass is 9.97. The number of carbonyl (C=O) groups is 2. The molecule has 26 heavy (non-hydrogen) atoms. The summed E-state index contributed by atoms with van der Waals surface area (Å²) in [5.41, 5.74) is 2.10. The highest BCUT2D eigenvalue weighted by Crippen LogP contribution is 2.20. The average molecular weight is 374 g/mol. The first kappa shape index (κ1) is 18.2. The number of benzene rings is 1. The summed E-state index contributed by atoms with van der Waals surface area (Å²) in [4.78, 5) is 29.2. The van der Waals surface area contributed by atoms with Crippen LogP contribution >= 0.6 is 11.3 Å². The topological polar surface area (TPSA) is 94.6 Å². The SMILES string of the molecule is Cc1csc(NC(=O)N2CCC(CNc3ccc(C(=O)O)cc3)CC2)n1. The van der Waals surface area contributed by atoms with E-state index in [0.29, 0.717) is 11.0 Å². The summed E-state index contributed by atoms with van der Waals surface area (Å²) in [6.45, 7) is 4.16. The van der Waals surface area contributed by atoms with E-state index in [1.54, 1.807) is 24.3 Å². The first-order valence-corrected chi connectivity index (χ1v) is 9.44. The Hall–Kier alpha value is -2.61. The van der Waals surface area contributed by atoms with Gasteiger partial charge in [0.25, 0.3) is 0 Å². The van der Waals surface area contributed by atoms with E-state index < -0.39 is 5.97 Å². The molecule has 1 saturated heterocycles. The predicted molar refractivity (Wildman–Crippen MR) is 102 cm³/mol. The normalized spacial score (nSPS) is 14.9. The van der Waals surface area contributed by atoms with Crippen LogP contribution < -0.4 is 10.6 Å². The van der Waals surface area contributed by atoms with E-state index in [9.17, 15) is 9.59 Å². The molecule has 8 heteroatoms. The van der Waals surface area contributed by atoms with Crippen molar-refractivity contribution in [1.82, 2.24) is 9.88 Å². The van der Waals surface area contributed by atoms with Gasteiger partial charge in [0.2, 0.25) is 0 Å². The smallest absolute Gasteiger partial charge is 0.335 e. The molecular weight excluding hydrogens is 352 g/mol. The number of hydrogen-bond acceptors (Lipinski definition) is 5. The second kappa shape index (κ2) is 8.18. The van der Waals surface area contributed by atoms with Crippen LogP contribution in [0, 0.1) is 12.8 Å². The maximum Gasteiger partial charge on any atom is 0.335 e. The first-order valence-electron chi connectivity index (χ1n) is 8.56. The quantitative estimate of drug-likeness (QED) is 0.744. The molecule has 0 unspecified atom stereocenters. The molecule has 0 spiro atoms. The molecule has 1 aliphatic heterocycles. The van der Waals surface area contributed by atoms with E-state index in [2.05, 4.69) is 15.6 Å². The lowest BCUT2D eigenvalue weighted by Gasteiger charge is -2.32. The zero-order chi connectivity index (χ0) is 18.5. The zero-order valence-corrected chi connectivity index (χ0v) is 15.4. The number of nitrogens with one attached hydrogen (secondary N) is 2. The predicted octanol–water partition coefficient (Wildman–Crippen LogP) is 3.51. The maximum atomic E-state index is 12.3. The molecule has 3 rings (SSSR count). The Labute approximate surface area is 156 Å². The summed E-state index contributed by atoms with van der Waals surface area (Å²) in [7, 11) is 0. The molecule has 1 aromatic heterocycles. The number of amides is 2. The Morgan fingerprint density at radius 2 is 1.96 bits per heavy atom. The Balaban J connectivity index is 1.42. The maximum absolute atomic E-state index is 12.3. The number of aryl methyl sites for hydroxylation is 1. The van der Waals surface area contributed by atoms with E-state index in [0.717, 1.165) is 43.9 Å². The van der Waals surface area contributed by atoms with E-state index in [4.69, 9.17) is 5.11 Å². The number of carboxylic acid groups (broad SMARTS) is 1. The van der Waals surface area contributed by atoms with Gasteiger partial charge in [-0.15, -0.1) is 11.3 Å². The number of aromatic nitrogens is 1. The first-order chi connectivity index (χ1) is 12.5. The van der Waals surface area contributed by atoms with Gasteiger partial charge in [-0.3, -0.25) is 5.32 Å². The fraction of sp³-hybridized carbons (Fsp3) is 0.389. The van der Waals surface area contributed by atoms with E-state index in [-0.39, 0.29) is 11.6 Å². The standard InChI is InChI=1S/C18H22N4O3S/c1-12-11-26-17(20-12)21-18(25)22-8-6-13(7-9-22)10-19-15-4-2-14(3-5-15)16(23)24/h2-5,11,13,19H,6-10H2,1H3,(H,23,24)(H,20,21,25). The van der Waals surface area contributed by atoms with Crippen LogP contribution in [0.1, 0.15) is 28.9 Å². The number of carbonyl (C=O) groups excluding carboxylic acids is 1. The Kier molecular flexibility index (Phi) is 5.72. The Bertz CT molecular complexity index is 767. The number of piperidine rings is 1. The number of aromatic carboxylic acids is 1. The number of rotatable bonds is 5. The molecule has 1 aromatic carbocycles. The van der Waals surface area contributed by atoms with Crippen LogP contribution in [-0.2, 0) is 0 Å². The van der Waals surface area contributed by atoms with Gasteiger partial charge < -0.3 is 15.3 Å². The Morgan fingerprint density at radius 1 is 1.27 bits per heavy atom. The Morgan fingerprint density at radius 3 is 2.54 bits per heavy atom. The van der Waals surface area contributed by atoms with Crippen molar-refractivity contribution in [2.24, 2.45) is 5.92 Å². The van der Waals surface area contributed by atoms with Gasteiger partial charge in [0.15, 0.2) is 5.13 Å². The van der Waals surface area contributed by atoms with Crippen LogP contribution in [0.25, 0.3) is 0 Å². The molecule has 3 N–H and O–H groups in total. The van der Waals surface area contributed by atoms with Gasteiger partial charge in [0, 0.05) is 30.7 Å². The third kappa shape index (κ3) is 4.72. The molecule has 2 aromatic rings. The van der Waals surface area contributed by atoms with E-state index >= 15 is 0 Å². The van der Waals surface area contributed by atoms with Gasteiger partial charge in [0.1, 0.15) is 0 Å². The van der Waals surface area contributed by atoms with E-state index in [1.807, 2.05) is 17.2 Å². The zero-order valence-electron chi connectivity index (χ0n) is 14.6. The number of carboxylic acids is 1. The molecule has 7 nitrogen and oxygen atoms in total. The third-order valence-electron chi connectivity index (χ3n) is 4.46. The fourth-order valence-corrected chi connectivity index (χ4v) is 3.59. The molecule has 2 amide bonds. The van der Waals surface area contributed by atoms with Crippen molar-refractivity contribution in [1.29, 1.82) is 0 Å². The molecule has 0 aliphatic carbocycles. The second-order valence-electron chi connectivity index (χ2n) is 6.42. The van der Waals surface area contributed by atoms with Gasteiger partial charge in [-0.1, -0.05) is 0 Å². The lowest BCUT2D eigenvalue weighted by Crippen LogP contribution is -2.42. The minimum absolute atomic E-state index is 0.0879. The van der Waals surface area contributed by atoms with Crippen molar-refractivity contribution in [3.63, 3.8) is 0 Å². The van der Waals surface area contributed by atoms with Gasteiger partial charge >= 0.3 is 12.0 Å². The molecule has 138 valence electrons. The summed E-state index contributed by atoms with van der Waals surface area (Å²) in [6, 6.07) is 6.66. The minimum Gasteiger partial charge on any atom is -0.478 e. The van der Waals surface area contributed by atoms with E-state index in [1.165, 1.54) is 11.3 Å². The highest BCUT2D eigenvalue weighted by Gasteiger charge is 2.23. The van der Waals surface area contributed by atoms with Crippen molar-refractivity contribution < 1.29 is 14.7 Å². The summed E-state index contributed by atoms with van der Waals surface area (Å²) in [6.07, 6.45) is 1.87. The van der Waals surface area contributed by atoms with Crippen molar-refractivity contribution in [2.75, 3.05) is 30.3 Å². The summed E-state index contributed by atoms with van der Waals surface area (Å²) in [5.74, 6) is -0.435. The highest BCUT2D eigenvalue weighted by molar-refractivity contribution is 7.13. The fourth-order valence-electron chi connectivity index (χ4n) is 2.91. The molecule has 0 radical (unpaired) electrons. The van der Waals surface area contributed by atoms with Crippen LogP contribution in [0.4, 0.5) is 15.6 Å². The highest BCUT2D eigenvalue weighted by atomic mass is 32.1. The number of hydrogen-bond donors (Lipinski definition) is 3. The van der Waals surface area contributed by atoms with Crippen molar-refractivity contribution in [3.05, 3.63) is 40.9 Å². The number of anilines is 2. The largest absolute Gasteiger partial charge is 0.478 e. The number of likely N-dealkylation sites (tertiary alicyclic amines) is 1. The summed E-state index contributed by atoms with van der Waals surface area (Å²) < 4.78 is 0. The van der Waals surface area contributed by atoms with Gasteiger partial charge in [-0.2, -0.15) is 0 Å². The van der Waals surface area contributed by atoms with Crippen LogP contribution in [-0.4, -0.2) is 46.6 Å². The van der Waals surface area contributed by atoms with Crippen LogP contribution in [0.3, 0.4) is 0 Å². The van der Waals surface area contributed by atoms with Crippen molar-refractivity contribution in [3.8, 4) is 0 Å². The lowest BCUT2D eigenvalue weighted by molar-refractivity contribution is 0.0697. The van der Waals surface area contributed by atoms with Crippen LogP contribution in [0.15, 0.2) is 29.6 Å². The molecule has 1 aliphatic rings. The summed E-state index contributed by atoms with van der Waals surface area (Å²) >= 11 is 1.43. The number of thiazole rings is 1. The molecule has 0 bridgehead atoms. The summed E-state index contributed by atoms with van der Waals surface area (Å²) in [5, 5.41) is 17.7. The molecule has 0 atom stereocenters. The van der Waals surface area contributed by atoms with Crippen molar-refractivity contribution in [2.45, 2.75) is 19.8 Å². The third-order valence-corrected chi connectivity index (χ3v) is 5.34. The van der Waals surface area contributed by atoms with Crippen molar-refractivity contribution >= 4 is 34.2 Å². The number of urea groups is 1. The molecule has 2 heterocycles. The number of nitrogens with zero attached hydrogens (tertiary/aromatic N) is 2. The monoisotopic (exact) mass is 374 g/mol. The van der Waals surface area contributed by atoms with Gasteiger partial charge in [-0.25, -0.2) is 14.6 Å². The molecule has 1 fully saturated rings. The van der Waals surface area contributed by atoms with Crippen LogP contribution in [0.5, 0.6) is 0 Å². The second-order valence-corrected chi connectivity index (χ2v) is 7.28.